The van der Waals surface area contributed by atoms with E-state index in [0.717, 1.165) is 0 Å². The summed E-state index contributed by atoms with van der Waals surface area (Å²) in [6.45, 7) is -0.743. The first-order valence-corrected chi connectivity index (χ1v) is 5.73. The van der Waals surface area contributed by atoms with E-state index < -0.39 is 45.1 Å². The number of phosphoric acid groups is 1. The fraction of sp³-hybridized carbons (Fsp3) is 1.00. The number of aliphatic hydroxyl groups is 4. The van der Waals surface area contributed by atoms with Crippen LogP contribution in [0.5, 0.6) is 0 Å². The van der Waals surface area contributed by atoms with Gasteiger partial charge in [-0.05, 0) is 0 Å². The summed E-state index contributed by atoms with van der Waals surface area (Å²) in [7, 11) is -5.41. The largest absolute Gasteiger partial charge is 1.00 e. The molecule has 0 aliphatic carbocycles. The van der Waals surface area contributed by atoms with E-state index in [2.05, 4.69) is 9.26 Å². The monoisotopic (exact) mass is 304 g/mol. The van der Waals surface area contributed by atoms with Crippen LogP contribution in [-0.2, 0) is 13.8 Å². The fourth-order valence-corrected chi connectivity index (χ4v) is 1.71. The number of aliphatic hydroxyl groups excluding tert-OH is 4. The van der Waals surface area contributed by atoms with Crippen molar-refractivity contribution in [1.29, 1.82) is 0 Å². The van der Waals surface area contributed by atoms with Gasteiger partial charge < -0.3 is 44.0 Å². The predicted molar refractivity (Wildman–Crippen MR) is 42.5 cm³/mol. The molecule has 0 spiro atoms. The van der Waals surface area contributed by atoms with Crippen LogP contribution in [0.2, 0.25) is 0 Å². The Morgan fingerprint density at radius 3 is 2.00 bits per heavy atom. The minimum absolute atomic E-state index is 0. The number of phosphoric ester groups is 1. The normalized spacial score (nSPS) is 36.4. The van der Waals surface area contributed by atoms with Crippen molar-refractivity contribution < 1.29 is 103 Å². The first-order chi connectivity index (χ1) is 7.26. The van der Waals surface area contributed by atoms with Gasteiger partial charge in [0.05, 0.1) is 14.4 Å². The van der Waals surface area contributed by atoms with Crippen molar-refractivity contribution in [3.63, 3.8) is 0 Å². The van der Waals surface area contributed by atoms with Crippen molar-refractivity contribution >= 4 is 7.82 Å². The maximum atomic E-state index is 10.3. The number of hydrogen-bond acceptors (Lipinski definition) is 9. The molecule has 5 atom stereocenters. The first kappa shape index (κ1) is 22.2. The van der Waals surface area contributed by atoms with Gasteiger partial charge in [-0.25, -0.2) is 0 Å². The maximum Gasteiger partial charge on any atom is 1.00 e. The molecule has 0 unspecified atom stereocenters. The third-order valence-electron chi connectivity index (χ3n) is 2.08. The van der Waals surface area contributed by atoms with Crippen molar-refractivity contribution in [2.45, 2.75) is 30.7 Å². The number of ether oxygens (including phenoxy) is 1. The zero-order valence-electron chi connectivity index (χ0n) is 9.87. The summed E-state index contributed by atoms with van der Waals surface area (Å²) in [6, 6.07) is 0. The molecule has 0 aromatic heterocycles. The van der Waals surface area contributed by atoms with Gasteiger partial charge >= 0.3 is 59.1 Å². The van der Waals surface area contributed by atoms with E-state index in [4.69, 9.17) is 5.11 Å². The molecule has 18 heavy (non-hydrogen) atoms. The Hall–Kier alpha value is 1.91. The quantitative estimate of drug-likeness (QED) is 0.293. The van der Waals surface area contributed by atoms with Gasteiger partial charge in [0.2, 0.25) is 0 Å². The number of rotatable bonds is 3. The van der Waals surface area contributed by atoms with Crippen LogP contribution >= 0.6 is 7.82 Å². The van der Waals surface area contributed by atoms with Gasteiger partial charge in [-0.1, -0.05) is 0 Å². The summed E-state index contributed by atoms with van der Waals surface area (Å²) in [5.74, 6) is 0. The van der Waals surface area contributed by atoms with E-state index in [9.17, 15) is 29.7 Å². The zero-order valence-corrected chi connectivity index (χ0v) is 14.8. The van der Waals surface area contributed by atoms with Gasteiger partial charge in [0.1, 0.15) is 24.4 Å². The summed E-state index contributed by atoms with van der Waals surface area (Å²) in [5, 5.41) is 36.5. The molecule has 1 heterocycles. The van der Waals surface area contributed by atoms with Gasteiger partial charge in [-0.2, -0.15) is 0 Å². The van der Waals surface area contributed by atoms with E-state index in [0.29, 0.717) is 0 Å². The summed E-state index contributed by atoms with van der Waals surface area (Å²) in [4.78, 5) is 20.6. The molecule has 0 aromatic carbocycles. The SMILES string of the molecule is O=P([O-])([O-])O[C@H]1O[C@H](CO)[C@H](O)[C@@H](O)[C@@H]1O.[Na+].[Na+]. The van der Waals surface area contributed by atoms with Crippen LogP contribution in [0, 0.1) is 0 Å². The second kappa shape index (κ2) is 9.04. The second-order valence-corrected chi connectivity index (χ2v) is 4.36. The molecule has 1 fully saturated rings. The molecule has 1 saturated heterocycles. The third-order valence-corrected chi connectivity index (χ3v) is 2.55. The fourth-order valence-electron chi connectivity index (χ4n) is 1.28. The van der Waals surface area contributed by atoms with Crippen molar-refractivity contribution in [2.24, 2.45) is 0 Å². The standard InChI is InChI=1S/C6H13O9P.2Na/c7-1-2-3(8)4(9)5(10)6(14-2)15-16(11,12)13;;/h2-10H,1H2,(H2,11,12,13);;/q;2*+1/p-2/t2-,3+,4-,5+,6-;;/m1../s1. The molecule has 0 aromatic rings. The molecule has 0 bridgehead atoms. The Balaban J connectivity index is 0. The molecule has 0 saturated carbocycles. The van der Waals surface area contributed by atoms with Crippen LogP contribution in [0.3, 0.4) is 0 Å². The van der Waals surface area contributed by atoms with Crippen molar-refractivity contribution in [2.75, 3.05) is 6.61 Å². The van der Waals surface area contributed by atoms with Crippen molar-refractivity contribution in [3.05, 3.63) is 0 Å². The van der Waals surface area contributed by atoms with Crippen LogP contribution in [-0.4, -0.2) is 57.7 Å². The molecule has 96 valence electrons. The van der Waals surface area contributed by atoms with E-state index in [1.807, 2.05) is 0 Å². The molecule has 12 heteroatoms. The molecule has 4 N–H and O–H groups in total. The smallest absolute Gasteiger partial charge is 0.790 e. The zero-order chi connectivity index (χ0) is 12.5. The average Bonchev–Trinajstić information content (AvgIpc) is 2.17. The Labute approximate surface area is 147 Å². The third kappa shape index (κ3) is 6.13. The van der Waals surface area contributed by atoms with Gasteiger partial charge in [-0.15, -0.1) is 0 Å². The maximum absolute atomic E-state index is 10.3. The summed E-state index contributed by atoms with van der Waals surface area (Å²) >= 11 is 0. The van der Waals surface area contributed by atoms with Gasteiger partial charge in [0.15, 0.2) is 6.29 Å². The summed E-state index contributed by atoms with van der Waals surface area (Å²) < 4.78 is 18.7. The van der Waals surface area contributed by atoms with E-state index in [-0.39, 0.29) is 59.1 Å². The van der Waals surface area contributed by atoms with Crippen LogP contribution in [0.4, 0.5) is 0 Å². The molecular weight excluding hydrogens is 293 g/mol. The summed E-state index contributed by atoms with van der Waals surface area (Å²) in [5.41, 5.74) is 0. The van der Waals surface area contributed by atoms with Gasteiger partial charge in [-0.3, -0.25) is 0 Å². The van der Waals surface area contributed by atoms with Crippen LogP contribution in [0.1, 0.15) is 0 Å². The van der Waals surface area contributed by atoms with E-state index >= 15 is 0 Å². The van der Waals surface area contributed by atoms with Gasteiger partial charge in [0, 0.05) is 0 Å². The Morgan fingerprint density at radius 1 is 1.11 bits per heavy atom. The van der Waals surface area contributed by atoms with Crippen LogP contribution in [0.25, 0.3) is 0 Å². The minimum atomic E-state index is -5.41. The van der Waals surface area contributed by atoms with Crippen molar-refractivity contribution in [1.82, 2.24) is 0 Å². The summed E-state index contributed by atoms with van der Waals surface area (Å²) in [6.07, 6.45) is -8.61. The Kier molecular flexibility index (Phi) is 11.1. The molecule has 1 aliphatic heterocycles. The minimum Gasteiger partial charge on any atom is -0.790 e. The van der Waals surface area contributed by atoms with Gasteiger partial charge in [0.25, 0.3) is 0 Å². The molecule has 1 rings (SSSR count). The topological polar surface area (TPSA) is 163 Å². The van der Waals surface area contributed by atoms with Crippen molar-refractivity contribution in [3.8, 4) is 0 Å². The molecule has 9 nitrogen and oxygen atoms in total. The number of hydrogen-bond donors (Lipinski definition) is 4. The Morgan fingerprint density at radius 2 is 1.61 bits per heavy atom. The first-order valence-electron chi connectivity index (χ1n) is 4.27. The molecular formula is C6H11Na2O9P. The van der Waals surface area contributed by atoms with Crippen LogP contribution in [0.15, 0.2) is 0 Å². The average molecular weight is 304 g/mol. The van der Waals surface area contributed by atoms with Crippen LogP contribution < -0.4 is 68.9 Å². The van der Waals surface area contributed by atoms with E-state index in [1.165, 1.54) is 0 Å². The molecule has 0 amide bonds. The Bertz CT molecular complexity index is 284. The molecule has 0 radical (unpaired) electrons. The van der Waals surface area contributed by atoms with E-state index in [1.54, 1.807) is 0 Å². The predicted octanol–water partition coefficient (Wildman–Crippen LogP) is -10.4. The molecule has 1 aliphatic rings. The second-order valence-electron chi connectivity index (χ2n) is 3.25.